The molecule has 0 aliphatic carbocycles. The molecule has 0 spiro atoms. The van der Waals surface area contributed by atoms with Crippen molar-refractivity contribution in [2.45, 2.75) is 6.92 Å². The first-order chi connectivity index (χ1) is 4.83. The number of nitrogens with one attached hydrogen (secondary N) is 2. The smallest absolute Gasteiger partial charge is 0.0496 e. The van der Waals surface area contributed by atoms with E-state index in [2.05, 4.69) is 32.9 Å². The predicted octanol–water partition coefficient (Wildman–Crippen LogP) is 2.22. The van der Waals surface area contributed by atoms with Crippen molar-refractivity contribution < 1.29 is 0 Å². The molecule has 54 valence electrons. The Morgan fingerprint density at radius 2 is 1.80 bits per heavy atom. The van der Waals surface area contributed by atoms with Gasteiger partial charge in [0.05, 0.1) is 0 Å². The minimum atomic E-state index is 1.04. The zero-order valence-electron chi connectivity index (χ0n) is 5.69. The molecule has 1 aromatic rings. The summed E-state index contributed by atoms with van der Waals surface area (Å²) in [6.07, 6.45) is 0. The van der Waals surface area contributed by atoms with Crippen LogP contribution in [0.5, 0.6) is 0 Å². The van der Waals surface area contributed by atoms with Crippen LogP contribution >= 0.6 is 16.1 Å². The molecule has 0 heterocycles. The van der Waals surface area contributed by atoms with Gasteiger partial charge in [-0.25, -0.2) is 0 Å². The Morgan fingerprint density at radius 1 is 1.20 bits per heavy atom. The highest BCUT2D eigenvalue weighted by Crippen LogP contribution is 2.06. The van der Waals surface area contributed by atoms with E-state index in [1.807, 2.05) is 24.3 Å². The summed E-state index contributed by atoms with van der Waals surface area (Å²) in [6.45, 7) is 2.06. The van der Waals surface area contributed by atoms with E-state index in [1.165, 1.54) is 5.56 Å². The first-order valence-electron chi connectivity index (χ1n) is 3.01. The van der Waals surface area contributed by atoms with Gasteiger partial charge in [0.1, 0.15) is 0 Å². The van der Waals surface area contributed by atoms with E-state index in [4.69, 9.17) is 0 Å². The SMILES string of the molecule is Cc1ccc(NNBr)cc1. The van der Waals surface area contributed by atoms with E-state index in [0.29, 0.717) is 0 Å². The molecule has 0 amide bonds. The molecule has 10 heavy (non-hydrogen) atoms. The Bertz CT molecular complexity index is 195. The highest BCUT2D eigenvalue weighted by atomic mass is 79.9. The van der Waals surface area contributed by atoms with Gasteiger partial charge in [-0.2, -0.15) is 4.45 Å². The van der Waals surface area contributed by atoms with Crippen molar-refractivity contribution in [1.82, 2.24) is 4.45 Å². The molecule has 1 rings (SSSR count). The predicted molar refractivity (Wildman–Crippen MR) is 46.9 cm³/mol. The van der Waals surface area contributed by atoms with Crippen LogP contribution in [0.1, 0.15) is 5.56 Å². The van der Waals surface area contributed by atoms with Crippen molar-refractivity contribution >= 4 is 21.8 Å². The summed E-state index contributed by atoms with van der Waals surface area (Å²) in [6, 6.07) is 8.10. The van der Waals surface area contributed by atoms with Crippen LogP contribution in [0.25, 0.3) is 0 Å². The van der Waals surface area contributed by atoms with E-state index in [9.17, 15) is 0 Å². The third-order valence-corrected chi connectivity index (χ3v) is 1.44. The molecular formula is C7H9BrN2. The van der Waals surface area contributed by atoms with Gasteiger partial charge < -0.3 is 5.43 Å². The summed E-state index contributed by atoms with van der Waals surface area (Å²) >= 11 is 3.04. The molecule has 1 aromatic carbocycles. The summed E-state index contributed by atoms with van der Waals surface area (Å²) in [7, 11) is 0. The van der Waals surface area contributed by atoms with E-state index >= 15 is 0 Å². The largest absolute Gasteiger partial charge is 0.312 e. The Balaban J connectivity index is 2.69. The average molecular weight is 201 g/mol. The molecule has 2 nitrogen and oxygen atoms in total. The van der Waals surface area contributed by atoms with Crippen molar-refractivity contribution in [3.63, 3.8) is 0 Å². The second kappa shape index (κ2) is 3.58. The number of hydrogen-bond donors (Lipinski definition) is 2. The molecule has 0 atom stereocenters. The Hall–Kier alpha value is -0.540. The molecular weight excluding hydrogens is 192 g/mol. The van der Waals surface area contributed by atoms with Gasteiger partial charge in [-0.3, -0.25) is 0 Å². The number of aryl methyl sites for hydroxylation is 1. The molecule has 0 aromatic heterocycles. The van der Waals surface area contributed by atoms with Gasteiger partial charge in [-0.05, 0) is 19.1 Å². The van der Waals surface area contributed by atoms with Gasteiger partial charge in [-0.15, -0.1) is 0 Å². The highest BCUT2D eigenvalue weighted by Gasteiger charge is 1.86. The van der Waals surface area contributed by atoms with Crippen molar-refractivity contribution in [3.05, 3.63) is 29.8 Å². The standard InChI is InChI=1S/C7H9BrN2/c1-6-2-4-7(5-3-6)9-10-8/h2-5,9-10H,1H3. The number of benzene rings is 1. The number of halogens is 1. The van der Waals surface area contributed by atoms with Gasteiger partial charge in [0.15, 0.2) is 0 Å². The van der Waals surface area contributed by atoms with E-state index in [-0.39, 0.29) is 0 Å². The number of rotatable bonds is 2. The lowest BCUT2D eigenvalue weighted by atomic mass is 10.2. The molecule has 0 unspecified atom stereocenters. The quantitative estimate of drug-likeness (QED) is 0.566. The lowest BCUT2D eigenvalue weighted by molar-refractivity contribution is 1.24. The van der Waals surface area contributed by atoms with Crippen molar-refractivity contribution in [1.29, 1.82) is 0 Å². The summed E-state index contributed by atoms with van der Waals surface area (Å²) in [5.41, 5.74) is 5.21. The van der Waals surface area contributed by atoms with Gasteiger partial charge in [0.2, 0.25) is 0 Å². The van der Waals surface area contributed by atoms with Gasteiger partial charge in [-0.1, -0.05) is 17.7 Å². The molecule has 0 aliphatic rings. The lowest BCUT2D eigenvalue weighted by Crippen LogP contribution is -2.07. The van der Waals surface area contributed by atoms with Crippen LogP contribution in [0.3, 0.4) is 0 Å². The van der Waals surface area contributed by atoms with E-state index in [1.54, 1.807) is 0 Å². The first kappa shape index (κ1) is 7.57. The normalized spacial score (nSPS) is 9.40. The molecule has 2 N–H and O–H groups in total. The minimum absolute atomic E-state index is 1.04. The zero-order chi connectivity index (χ0) is 7.40. The number of hydrogen-bond acceptors (Lipinski definition) is 2. The van der Waals surface area contributed by atoms with Crippen molar-refractivity contribution in [2.75, 3.05) is 5.43 Å². The number of anilines is 1. The third kappa shape index (κ3) is 2.01. The monoisotopic (exact) mass is 200 g/mol. The molecule has 0 aliphatic heterocycles. The summed E-state index contributed by atoms with van der Waals surface area (Å²) < 4.78 is 2.67. The minimum Gasteiger partial charge on any atom is -0.312 e. The molecule has 0 saturated carbocycles. The highest BCUT2D eigenvalue weighted by molar-refractivity contribution is 9.08. The van der Waals surface area contributed by atoms with Gasteiger partial charge in [0, 0.05) is 21.8 Å². The topological polar surface area (TPSA) is 24.1 Å². The van der Waals surface area contributed by atoms with Crippen LogP contribution in [-0.2, 0) is 0 Å². The average Bonchev–Trinajstić information content (AvgIpc) is 1.95. The Labute approximate surface area is 68.9 Å². The summed E-state index contributed by atoms with van der Waals surface area (Å²) in [5.74, 6) is 0. The molecule has 0 saturated heterocycles. The second-order valence-electron chi connectivity index (χ2n) is 2.09. The molecule has 0 radical (unpaired) electrons. The fourth-order valence-corrected chi connectivity index (χ4v) is 0.920. The van der Waals surface area contributed by atoms with Crippen LogP contribution in [0.2, 0.25) is 0 Å². The maximum Gasteiger partial charge on any atom is 0.0496 e. The maximum atomic E-state index is 3.04. The van der Waals surface area contributed by atoms with Crippen molar-refractivity contribution in [2.24, 2.45) is 0 Å². The Kier molecular flexibility index (Phi) is 2.71. The lowest BCUT2D eigenvalue weighted by Gasteiger charge is -2.01. The molecule has 0 fully saturated rings. The fourth-order valence-electron chi connectivity index (χ4n) is 0.691. The van der Waals surface area contributed by atoms with E-state index in [0.717, 1.165) is 5.69 Å². The summed E-state index contributed by atoms with van der Waals surface area (Å²) in [5, 5.41) is 0. The molecule has 0 bridgehead atoms. The molecule has 3 heteroatoms. The van der Waals surface area contributed by atoms with Crippen LogP contribution in [0.4, 0.5) is 5.69 Å². The first-order valence-corrected chi connectivity index (χ1v) is 3.80. The van der Waals surface area contributed by atoms with Gasteiger partial charge in [0.25, 0.3) is 0 Å². The zero-order valence-corrected chi connectivity index (χ0v) is 7.27. The fraction of sp³-hybridized carbons (Fsp3) is 0.143. The number of hydrazine groups is 1. The van der Waals surface area contributed by atoms with Gasteiger partial charge >= 0.3 is 0 Å². The van der Waals surface area contributed by atoms with E-state index < -0.39 is 0 Å². The second-order valence-corrected chi connectivity index (χ2v) is 2.48. The Morgan fingerprint density at radius 3 is 2.30 bits per heavy atom. The van der Waals surface area contributed by atoms with Crippen LogP contribution in [0.15, 0.2) is 24.3 Å². The van der Waals surface area contributed by atoms with Crippen LogP contribution in [-0.4, -0.2) is 0 Å². The third-order valence-electron chi connectivity index (χ3n) is 1.24. The van der Waals surface area contributed by atoms with Crippen LogP contribution < -0.4 is 9.88 Å². The maximum absolute atomic E-state index is 3.04. The van der Waals surface area contributed by atoms with Crippen LogP contribution in [0, 0.1) is 6.92 Å². The summed E-state index contributed by atoms with van der Waals surface area (Å²) in [4.78, 5) is 0. The van der Waals surface area contributed by atoms with Crippen molar-refractivity contribution in [3.8, 4) is 0 Å².